The second kappa shape index (κ2) is 55.2. The van der Waals surface area contributed by atoms with Crippen molar-refractivity contribution in [2.24, 2.45) is 0 Å². The lowest BCUT2D eigenvalue weighted by Gasteiger charge is -2.18. The molecule has 0 aliphatic heterocycles. The van der Waals surface area contributed by atoms with Crippen molar-refractivity contribution >= 4 is 17.9 Å². The Hall–Kier alpha value is -3.41. The van der Waals surface area contributed by atoms with Gasteiger partial charge >= 0.3 is 17.9 Å². The van der Waals surface area contributed by atoms with E-state index in [4.69, 9.17) is 14.2 Å². The van der Waals surface area contributed by atoms with Crippen molar-refractivity contribution in [3.8, 4) is 0 Å². The van der Waals surface area contributed by atoms with Gasteiger partial charge in [-0.25, -0.2) is 0 Å². The van der Waals surface area contributed by atoms with Crippen molar-refractivity contribution in [2.45, 2.75) is 271 Å². The van der Waals surface area contributed by atoms with Gasteiger partial charge in [0, 0.05) is 19.3 Å². The molecule has 384 valence electrons. The summed E-state index contributed by atoms with van der Waals surface area (Å²) in [5.41, 5.74) is 0. The Morgan fingerprint density at radius 2 is 0.582 bits per heavy atom. The Kier molecular flexibility index (Phi) is 52.4. The Bertz CT molecular complexity index is 1300. The molecular weight excluding hydrogens is 829 g/mol. The van der Waals surface area contributed by atoms with Crippen LogP contribution < -0.4 is 0 Å². The Balaban J connectivity index is 4.41. The summed E-state index contributed by atoms with van der Waals surface area (Å²) in [7, 11) is 0. The van der Waals surface area contributed by atoms with E-state index in [9.17, 15) is 14.4 Å². The second-order valence-corrected chi connectivity index (χ2v) is 18.5. The molecule has 67 heavy (non-hydrogen) atoms. The van der Waals surface area contributed by atoms with Gasteiger partial charge in [0.1, 0.15) is 13.2 Å². The molecule has 6 heteroatoms. The summed E-state index contributed by atoms with van der Waals surface area (Å²) < 4.78 is 16.8. The molecule has 0 fully saturated rings. The number of carbonyl (C=O) groups is 3. The van der Waals surface area contributed by atoms with Crippen LogP contribution in [-0.4, -0.2) is 37.2 Å². The molecule has 0 aliphatic carbocycles. The fourth-order valence-electron chi connectivity index (χ4n) is 7.68. The SMILES string of the molecule is CC/C=C\C/C=C\C/C=C\C/C=C\C/C=C\CCCCCC(=O)O[C@H](COC(=O)CCCCCCCCCCC/C=C\C/C=C\CCCCC)COC(=O)CCCCCCCCCCCCC. The molecule has 0 aromatic carbocycles. The van der Waals surface area contributed by atoms with E-state index in [1.54, 1.807) is 0 Å². The van der Waals surface area contributed by atoms with Gasteiger partial charge in [0.2, 0.25) is 0 Å². The molecule has 0 N–H and O–H groups in total. The summed E-state index contributed by atoms with van der Waals surface area (Å²) in [5.74, 6) is -0.923. The Labute approximate surface area is 414 Å². The first kappa shape index (κ1) is 63.6. The van der Waals surface area contributed by atoms with Crippen LogP contribution in [0.1, 0.15) is 265 Å². The highest BCUT2D eigenvalue weighted by Crippen LogP contribution is 2.15. The molecular formula is C61H104O6. The van der Waals surface area contributed by atoms with Gasteiger partial charge in [0.15, 0.2) is 6.10 Å². The highest BCUT2D eigenvalue weighted by molar-refractivity contribution is 5.71. The van der Waals surface area contributed by atoms with Crippen molar-refractivity contribution in [3.05, 3.63) is 85.1 Å². The highest BCUT2D eigenvalue weighted by atomic mass is 16.6. The largest absolute Gasteiger partial charge is 0.462 e. The average Bonchev–Trinajstić information content (AvgIpc) is 3.33. The molecule has 0 heterocycles. The third-order valence-corrected chi connectivity index (χ3v) is 11.9. The van der Waals surface area contributed by atoms with Gasteiger partial charge in [-0.15, -0.1) is 0 Å². The number of esters is 3. The zero-order chi connectivity index (χ0) is 48.6. The summed E-state index contributed by atoms with van der Waals surface area (Å²) in [6.07, 6.45) is 71.4. The van der Waals surface area contributed by atoms with E-state index in [-0.39, 0.29) is 37.5 Å². The van der Waals surface area contributed by atoms with Crippen LogP contribution in [-0.2, 0) is 28.6 Å². The zero-order valence-electron chi connectivity index (χ0n) is 43.9. The number of unbranched alkanes of at least 4 members (excludes halogenated alkanes) is 25. The molecule has 0 aliphatic rings. The van der Waals surface area contributed by atoms with Crippen LogP contribution in [0.4, 0.5) is 0 Å². The maximum atomic E-state index is 12.8. The molecule has 0 unspecified atom stereocenters. The summed E-state index contributed by atoms with van der Waals surface area (Å²) in [5, 5.41) is 0. The Morgan fingerprint density at radius 3 is 0.955 bits per heavy atom. The smallest absolute Gasteiger partial charge is 0.306 e. The molecule has 0 saturated heterocycles. The van der Waals surface area contributed by atoms with Crippen LogP contribution in [0.2, 0.25) is 0 Å². The average molecular weight is 933 g/mol. The molecule has 0 bridgehead atoms. The minimum Gasteiger partial charge on any atom is -0.462 e. The lowest BCUT2D eigenvalue weighted by Crippen LogP contribution is -2.30. The van der Waals surface area contributed by atoms with Crippen molar-refractivity contribution in [1.82, 2.24) is 0 Å². The number of hydrogen-bond acceptors (Lipinski definition) is 6. The predicted molar refractivity (Wildman–Crippen MR) is 288 cm³/mol. The van der Waals surface area contributed by atoms with E-state index in [1.165, 1.54) is 122 Å². The van der Waals surface area contributed by atoms with Gasteiger partial charge in [-0.3, -0.25) is 14.4 Å². The van der Waals surface area contributed by atoms with E-state index >= 15 is 0 Å². The summed E-state index contributed by atoms with van der Waals surface area (Å²) in [6.45, 7) is 6.47. The summed E-state index contributed by atoms with van der Waals surface area (Å²) in [4.78, 5) is 38.1. The second-order valence-electron chi connectivity index (χ2n) is 18.5. The van der Waals surface area contributed by atoms with Crippen molar-refractivity contribution in [3.63, 3.8) is 0 Å². The maximum Gasteiger partial charge on any atom is 0.306 e. The van der Waals surface area contributed by atoms with E-state index in [1.807, 2.05) is 0 Å². The molecule has 0 aromatic rings. The van der Waals surface area contributed by atoms with Crippen molar-refractivity contribution in [2.75, 3.05) is 13.2 Å². The van der Waals surface area contributed by atoms with Crippen molar-refractivity contribution < 1.29 is 28.6 Å². The molecule has 1 atom stereocenters. The van der Waals surface area contributed by atoms with Gasteiger partial charge in [0.25, 0.3) is 0 Å². The highest BCUT2D eigenvalue weighted by Gasteiger charge is 2.19. The minimum atomic E-state index is -0.794. The fraction of sp³-hybridized carbons (Fsp3) is 0.721. The van der Waals surface area contributed by atoms with Gasteiger partial charge in [0.05, 0.1) is 0 Å². The third-order valence-electron chi connectivity index (χ3n) is 11.9. The molecule has 0 saturated carbocycles. The fourth-order valence-corrected chi connectivity index (χ4v) is 7.68. The lowest BCUT2D eigenvalue weighted by atomic mass is 10.1. The van der Waals surface area contributed by atoms with E-state index < -0.39 is 6.10 Å². The first-order chi connectivity index (χ1) is 33.0. The molecule has 6 nitrogen and oxygen atoms in total. The number of rotatable bonds is 50. The van der Waals surface area contributed by atoms with Crippen LogP contribution in [0.5, 0.6) is 0 Å². The molecule has 0 rings (SSSR count). The van der Waals surface area contributed by atoms with E-state index in [0.29, 0.717) is 12.8 Å². The summed E-state index contributed by atoms with van der Waals surface area (Å²) in [6, 6.07) is 0. The Morgan fingerprint density at radius 1 is 0.313 bits per heavy atom. The van der Waals surface area contributed by atoms with Crippen LogP contribution >= 0.6 is 0 Å². The zero-order valence-corrected chi connectivity index (χ0v) is 43.9. The van der Waals surface area contributed by atoms with Gasteiger partial charge in [-0.2, -0.15) is 0 Å². The number of hydrogen-bond donors (Lipinski definition) is 0. The van der Waals surface area contributed by atoms with Crippen LogP contribution in [0, 0.1) is 0 Å². The van der Waals surface area contributed by atoms with Gasteiger partial charge in [-0.1, -0.05) is 234 Å². The summed E-state index contributed by atoms with van der Waals surface area (Å²) >= 11 is 0. The molecule has 0 amide bonds. The topological polar surface area (TPSA) is 78.9 Å². The monoisotopic (exact) mass is 933 g/mol. The predicted octanol–water partition coefficient (Wildman–Crippen LogP) is 18.8. The van der Waals surface area contributed by atoms with Crippen molar-refractivity contribution in [1.29, 1.82) is 0 Å². The van der Waals surface area contributed by atoms with Gasteiger partial charge in [-0.05, 0) is 96.3 Å². The van der Waals surface area contributed by atoms with Gasteiger partial charge < -0.3 is 14.2 Å². The molecule has 0 spiro atoms. The normalized spacial score (nSPS) is 12.7. The molecule has 0 radical (unpaired) electrons. The third kappa shape index (κ3) is 53.4. The van der Waals surface area contributed by atoms with Crippen LogP contribution in [0.25, 0.3) is 0 Å². The van der Waals surface area contributed by atoms with E-state index in [2.05, 4.69) is 106 Å². The standard InChI is InChI=1S/C61H104O6/c1-4-7-10-13-16-19-22-24-26-28-30-32-34-36-39-42-45-48-51-54-60(63)66-57-58(56-65-59(62)53-50-47-44-41-38-21-18-15-12-9-6-3)67-61(64)55-52-49-46-43-40-37-35-33-31-29-27-25-23-20-17-14-11-8-5-2/h8,11,16-17,19-20,24-27,31,33,37,40,58H,4-7,9-10,12-15,18,21-23,28-30,32,34-36,38-39,41-57H2,1-3H3/b11-8-,19-16-,20-17-,26-24-,27-25-,33-31-,40-37-/t58-/m0/s1. The quantitative estimate of drug-likeness (QED) is 0.0262. The minimum absolute atomic E-state index is 0.0898. The lowest BCUT2D eigenvalue weighted by molar-refractivity contribution is -0.167. The molecule has 0 aromatic heterocycles. The maximum absolute atomic E-state index is 12.8. The number of allylic oxidation sites excluding steroid dienone is 14. The van der Waals surface area contributed by atoms with E-state index in [0.717, 1.165) is 103 Å². The van der Waals surface area contributed by atoms with Crippen LogP contribution in [0.15, 0.2) is 85.1 Å². The number of carbonyl (C=O) groups excluding carboxylic acids is 3. The first-order valence-corrected chi connectivity index (χ1v) is 28.1. The number of ether oxygens (including phenoxy) is 3. The van der Waals surface area contributed by atoms with Crippen LogP contribution in [0.3, 0.4) is 0 Å². The first-order valence-electron chi connectivity index (χ1n) is 28.1.